The van der Waals surface area contributed by atoms with Crippen molar-refractivity contribution in [3.63, 3.8) is 0 Å². The third kappa shape index (κ3) is 5.30. The van der Waals surface area contributed by atoms with E-state index in [2.05, 4.69) is 25.9 Å². The van der Waals surface area contributed by atoms with Gasteiger partial charge in [-0.1, -0.05) is 23.4 Å². The van der Waals surface area contributed by atoms with Crippen LogP contribution in [0.1, 0.15) is 17.8 Å². The second-order valence-electron chi connectivity index (χ2n) is 5.99. The number of benzene rings is 1. The fourth-order valence-corrected chi connectivity index (χ4v) is 3.40. The molecule has 0 saturated carbocycles. The molecule has 0 bridgehead atoms. The van der Waals surface area contributed by atoms with Crippen LogP contribution in [0, 0.1) is 13.8 Å². The molecule has 3 rings (SSSR count). The van der Waals surface area contributed by atoms with Crippen molar-refractivity contribution >= 4 is 29.3 Å². The van der Waals surface area contributed by atoms with E-state index >= 15 is 0 Å². The zero-order valence-corrected chi connectivity index (χ0v) is 16.7. The average molecular weight is 406 g/mol. The molecule has 0 aliphatic heterocycles. The molecule has 0 spiro atoms. The number of nitrogens with zero attached hydrogens (tertiary/aromatic N) is 6. The lowest BCUT2D eigenvalue weighted by molar-refractivity contribution is -0.118. The van der Waals surface area contributed by atoms with Crippen LogP contribution in [0.25, 0.3) is 5.69 Å². The zero-order valence-electron chi connectivity index (χ0n) is 15.1. The van der Waals surface area contributed by atoms with Crippen LogP contribution >= 0.6 is 23.4 Å². The molecule has 0 radical (unpaired) electrons. The van der Waals surface area contributed by atoms with Crippen molar-refractivity contribution in [3.8, 4) is 5.69 Å². The summed E-state index contributed by atoms with van der Waals surface area (Å²) in [6.45, 7) is 5.38. The minimum atomic E-state index is -0.0565. The van der Waals surface area contributed by atoms with Crippen molar-refractivity contribution in [3.05, 3.63) is 46.7 Å². The molecule has 10 heteroatoms. The number of amides is 1. The van der Waals surface area contributed by atoms with Crippen molar-refractivity contribution in [2.75, 3.05) is 12.3 Å². The van der Waals surface area contributed by atoms with E-state index in [1.807, 2.05) is 36.7 Å². The highest BCUT2D eigenvalue weighted by atomic mass is 35.5. The van der Waals surface area contributed by atoms with Gasteiger partial charge in [0.15, 0.2) is 0 Å². The molecule has 0 fully saturated rings. The summed E-state index contributed by atoms with van der Waals surface area (Å²) in [5.41, 5.74) is 2.92. The summed E-state index contributed by atoms with van der Waals surface area (Å²) in [5.74, 6) is 0.187. The van der Waals surface area contributed by atoms with Gasteiger partial charge in [-0.15, -0.1) is 5.10 Å². The largest absolute Gasteiger partial charge is 0.355 e. The van der Waals surface area contributed by atoms with Crippen LogP contribution in [0.4, 0.5) is 0 Å². The first kappa shape index (κ1) is 19.4. The first-order chi connectivity index (χ1) is 13.0. The maximum Gasteiger partial charge on any atom is 0.230 e. The summed E-state index contributed by atoms with van der Waals surface area (Å²) in [7, 11) is 0. The number of aryl methyl sites for hydroxylation is 3. The van der Waals surface area contributed by atoms with Crippen molar-refractivity contribution in [1.29, 1.82) is 0 Å². The molecular formula is C17H20ClN7OS. The first-order valence-electron chi connectivity index (χ1n) is 8.48. The summed E-state index contributed by atoms with van der Waals surface area (Å²) in [5, 5.41) is 20.1. The maximum absolute atomic E-state index is 12.1. The van der Waals surface area contributed by atoms with E-state index in [1.54, 1.807) is 16.8 Å². The molecule has 142 valence electrons. The van der Waals surface area contributed by atoms with Crippen LogP contribution in [-0.2, 0) is 11.3 Å². The van der Waals surface area contributed by atoms with Gasteiger partial charge in [-0.25, -0.2) is 0 Å². The van der Waals surface area contributed by atoms with Gasteiger partial charge in [0, 0.05) is 23.8 Å². The van der Waals surface area contributed by atoms with E-state index in [4.69, 9.17) is 11.6 Å². The molecule has 1 aromatic carbocycles. The lowest BCUT2D eigenvalue weighted by Crippen LogP contribution is -2.27. The Hall–Kier alpha value is -2.39. The van der Waals surface area contributed by atoms with E-state index in [-0.39, 0.29) is 11.7 Å². The second kappa shape index (κ2) is 9.01. The molecule has 1 amide bonds. The van der Waals surface area contributed by atoms with Crippen LogP contribution in [0.2, 0.25) is 5.02 Å². The average Bonchev–Trinajstić information content (AvgIpc) is 3.23. The Balaban J connectivity index is 1.44. The minimum absolute atomic E-state index is 0.0565. The van der Waals surface area contributed by atoms with Crippen molar-refractivity contribution < 1.29 is 4.79 Å². The molecular weight excluding hydrogens is 386 g/mol. The summed E-state index contributed by atoms with van der Waals surface area (Å²) >= 11 is 7.19. The SMILES string of the molecule is Cc1cc(C)n(CCCNC(=O)CSc2nnnn2-c2ccc(Cl)cc2)n1. The molecule has 0 saturated heterocycles. The van der Waals surface area contributed by atoms with Crippen LogP contribution in [0.15, 0.2) is 35.5 Å². The van der Waals surface area contributed by atoms with Crippen LogP contribution in [0.5, 0.6) is 0 Å². The number of carbonyl (C=O) groups excluding carboxylic acids is 1. The topological polar surface area (TPSA) is 90.5 Å². The quantitative estimate of drug-likeness (QED) is 0.457. The summed E-state index contributed by atoms with van der Waals surface area (Å²) < 4.78 is 3.54. The predicted octanol–water partition coefficient (Wildman–Crippen LogP) is 2.43. The van der Waals surface area contributed by atoms with Gasteiger partial charge in [0.2, 0.25) is 11.1 Å². The molecule has 3 aromatic rings. The molecule has 0 atom stereocenters. The normalized spacial score (nSPS) is 10.9. The van der Waals surface area contributed by atoms with E-state index in [9.17, 15) is 4.79 Å². The standard InChI is InChI=1S/C17H20ClN7OS/c1-12-10-13(2)24(21-12)9-3-8-19-16(26)11-27-17-20-22-23-25(17)15-6-4-14(18)5-7-15/h4-7,10H,3,8-9,11H2,1-2H3,(H,19,26). The zero-order chi connectivity index (χ0) is 19.2. The van der Waals surface area contributed by atoms with Crippen LogP contribution < -0.4 is 5.32 Å². The predicted molar refractivity (Wildman–Crippen MR) is 104 cm³/mol. The summed E-state index contributed by atoms with van der Waals surface area (Å²) in [6, 6.07) is 9.22. The Labute approximate surface area is 166 Å². The Morgan fingerprint density at radius 3 is 2.74 bits per heavy atom. The third-order valence-electron chi connectivity index (χ3n) is 3.82. The van der Waals surface area contributed by atoms with E-state index in [1.165, 1.54) is 11.8 Å². The smallest absolute Gasteiger partial charge is 0.230 e. The number of thioether (sulfide) groups is 1. The number of carbonyl (C=O) groups is 1. The van der Waals surface area contributed by atoms with Crippen LogP contribution in [0.3, 0.4) is 0 Å². The lowest BCUT2D eigenvalue weighted by atomic mass is 10.3. The van der Waals surface area contributed by atoms with Crippen molar-refractivity contribution in [2.24, 2.45) is 0 Å². The van der Waals surface area contributed by atoms with Gasteiger partial charge in [0.1, 0.15) is 0 Å². The van der Waals surface area contributed by atoms with Gasteiger partial charge in [-0.05, 0) is 61.0 Å². The Morgan fingerprint density at radius 1 is 1.26 bits per heavy atom. The Bertz CT molecular complexity index is 906. The van der Waals surface area contributed by atoms with Gasteiger partial charge in [0.25, 0.3) is 0 Å². The number of rotatable bonds is 8. The van der Waals surface area contributed by atoms with E-state index < -0.39 is 0 Å². The highest BCUT2D eigenvalue weighted by Crippen LogP contribution is 2.19. The summed E-state index contributed by atoms with van der Waals surface area (Å²) in [4.78, 5) is 12.1. The highest BCUT2D eigenvalue weighted by Gasteiger charge is 2.11. The van der Waals surface area contributed by atoms with Gasteiger partial charge in [0.05, 0.1) is 17.1 Å². The molecule has 2 aromatic heterocycles. The second-order valence-corrected chi connectivity index (χ2v) is 7.37. The Morgan fingerprint density at radius 2 is 2.04 bits per heavy atom. The molecule has 0 unspecified atom stereocenters. The summed E-state index contributed by atoms with van der Waals surface area (Å²) in [6.07, 6.45) is 0.820. The van der Waals surface area contributed by atoms with E-state index in [0.717, 1.165) is 30.0 Å². The highest BCUT2D eigenvalue weighted by molar-refractivity contribution is 7.99. The molecule has 0 aliphatic rings. The van der Waals surface area contributed by atoms with Crippen LogP contribution in [-0.4, -0.2) is 48.2 Å². The first-order valence-corrected chi connectivity index (χ1v) is 9.84. The van der Waals surface area contributed by atoms with Gasteiger partial charge in [-0.2, -0.15) is 9.78 Å². The molecule has 2 heterocycles. The van der Waals surface area contributed by atoms with E-state index in [0.29, 0.717) is 16.7 Å². The van der Waals surface area contributed by atoms with Gasteiger partial charge in [-0.3, -0.25) is 9.48 Å². The monoisotopic (exact) mass is 405 g/mol. The van der Waals surface area contributed by atoms with Gasteiger partial charge < -0.3 is 5.32 Å². The number of halogens is 1. The lowest BCUT2D eigenvalue weighted by Gasteiger charge is -2.07. The maximum atomic E-state index is 12.1. The van der Waals surface area contributed by atoms with Crippen molar-refractivity contribution in [2.45, 2.75) is 32.0 Å². The Kier molecular flexibility index (Phi) is 6.46. The molecule has 8 nitrogen and oxygen atoms in total. The number of hydrogen-bond donors (Lipinski definition) is 1. The van der Waals surface area contributed by atoms with Gasteiger partial charge >= 0.3 is 0 Å². The number of aromatic nitrogens is 6. The molecule has 0 aliphatic carbocycles. The third-order valence-corrected chi connectivity index (χ3v) is 4.99. The van der Waals surface area contributed by atoms with Crippen molar-refractivity contribution in [1.82, 2.24) is 35.3 Å². The number of tetrazole rings is 1. The fourth-order valence-electron chi connectivity index (χ4n) is 2.55. The fraction of sp³-hybridized carbons (Fsp3) is 0.353. The molecule has 1 N–H and O–H groups in total. The minimum Gasteiger partial charge on any atom is -0.355 e. The molecule has 27 heavy (non-hydrogen) atoms. The number of hydrogen-bond acceptors (Lipinski definition) is 6. The number of nitrogens with one attached hydrogen (secondary N) is 1.